The number of rotatable bonds is 2. The molecule has 0 spiro atoms. The Morgan fingerprint density at radius 2 is 0.442 bits per heavy atom. The van der Waals surface area contributed by atoms with Crippen molar-refractivity contribution in [3.63, 3.8) is 0 Å². The van der Waals surface area contributed by atoms with Gasteiger partial charge in [-0.1, -0.05) is 57.5 Å². The predicted molar refractivity (Wildman–Crippen MR) is 327 cm³/mol. The van der Waals surface area contributed by atoms with E-state index < -0.39 is 325 Å². The summed E-state index contributed by atoms with van der Waals surface area (Å²) in [6, 6.07) is 10.3. The van der Waals surface area contributed by atoms with Gasteiger partial charge in [0.05, 0.1) is 65.3 Å². The summed E-state index contributed by atoms with van der Waals surface area (Å²) in [6.07, 6.45) is 0. The second-order valence-electron chi connectivity index (χ2n) is 23.5. The fourth-order valence-corrected chi connectivity index (χ4v) is 14.3. The molecule has 22 nitrogen and oxygen atoms in total. The van der Waals surface area contributed by atoms with Crippen molar-refractivity contribution >= 4 is 109 Å². The molecule has 0 atom stereocenters. The molecule has 0 amide bonds. The molecule has 4 aliphatic heterocycles. The largest absolute Gasteiger partial charge is 2.00 e. The van der Waals surface area contributed by atoms with Gasteiger partial charge in [0.25, 0.3) is 0 Å². The smallest absolute Gasteiger partial charge is 0.744 e. The van der Waals surface area contributed by atoms with E-state index in [1.165, 1.54) is 48.5 Å². The second kappa shape index (κ2) is 25.1. The molecule has 0 saturated carbocycles. The molecule has 10 heterocycles. The number of halogens is 24. The van der Waals surface area contributed by atoms with Crippen molar-refractivity contribution < 1.29 is 151 Å². The molecule has 4 aliphatic rings. The number of nitrogens with zero attached hydrogens (tertiary/aromatic N) is 14. The van der Waals surface area contributed by atoms with Gasteiger partial charge in [0, 0.05) is 22.3 Å². The van der Waals surface area contributed by atoms with Gasteiger partial charge in [-0.3, -0.25) is 0 Å². The van der Waals surface area contributed by atoms with E-state index in [1.54, 1.807) is 0 Å². The number of hydrogen-bond donors (Lipinski definition) is 2. The molecule has 564 valence electrons. The topological polar surface area (TPSA) is 311 Å². The predicted octanol–water partition coefficient (Wildman–Crippen LogP) is 15.0. The van der Waals surface area contributed by atoms with Crippen molar-refractivity contribution in [1.29, 1.82) is 0 Å². The van der Waals surface area contributed by atoms with E-state index >= 15 is 61.6 Å². The number of fused-ring (bicyclic) bond motifs is 40. The van der Waals surface area contributed by atoms with Crippen molar-refractivity contribution in [2.75, 3.05) is 0 Å². The van der Waals surface area contributed by atoms with Gasteiger partial charge in [0.2, 0.25) is 0 Å². The summed E-state index contributed by atoms with van der Waals surface area (Å²) in [5.41, 5.74) is -17.4. The first-order chi connectivity index (χ1) is 52.8. The summed E-state index contributed by atoms with van der Waals surface area (Å²) >= 11 is 0. The Labute approximate surface area is 613 Å². The minimum atomic E-state index is -6.17. The van der Waals surface area contributed by atoms with E-state index in [0.717, 1.165) is 0 Å². The Balaban J connectivity index is 0.000000169. The van der Waals surface area contributed by atoms with Crippen LogP contribution in [0.3, 0.4) is 0 Å². The maximum absolute atomic E-state index is 16.4. The number of hydrogen-bond acceptors (Lipinski definition) is 18. The van der Waals surface area contributed by atoms with Gasteiger partial charge in [-0.2, -0.15) is 0 Å². The van der Waals surface area contributed by atoms with Crippen LogP contribution in [0.15, 0.2) is 58.3 Å². The summed E-state index contributed by atoms with van der Waals surface area (Å²) in [5, 5.41) is -11.6. The minimum absolute atomic E-state index is 0. The quantitative estimate of drug-likeness (QED) is 0.0534. The standard InChI is InChI=1S/2C32H6F12N8O3S.Zn/c2*33-13-7-8(14(34)19(39)18(13)38)29-47-27(7)48-30-12-9(15(35)22(42)23(43)24(12)56(53,54)55)28(49-30)46-25-5-3-1-2-4-6(5)26(45-25)50-31-10-11(32(51-29)52(31)44)17(37)21(41)20(40)16(10)36;/h2*1-4H,(H,53,54,55)(H,45,46,47,48,49,50,51);/q;;+2/p-2. The van der Waals surface area contributed by atoms with Crippen molar-refractivity contribution in [3.05, 3.63) is 177 Å². The van der Waals surface area contributed by atoms with E-state index in [9.17, 15) is 69.8 Å². The first-order valence-corrected chi connectivity index (χ1v) is 32.6. The van der Waals surface area contributed by atoms with Gasteiger partial charge in [-0.25, -0.2) is 173 Å². The summed E-state index contributed by atoms with van der Waals surface area (Å²) in [7, 11) is -12.3. The minimum Gasteiger partial charge on any atom is -0.744 e. The van der Waals surface area contributed by atoms with E-state index in [4.69, 9.17) is 0 Å². The Kier molecular flexibility index (Phi) is 16.5. The first kappa shape index (κ1) is 74.3. The molecule has 0 fully saturated rings. The molecule has 0 aliphatic carbocycles. The molecule has 2 N–H and O–H groups in total. The van der Waals surface area contributed by atoms with Crippen LogP contribution in [-0.4, -0.2) is 105 Å². The maximum atomic E-state index is 16.4. The van der Waals surface area contributed by atoms with Crippen LogP contribution in [0.5, 0.6) is 0 Å². The number of H-pyrrole nitrogens is 2. The van der Waals surface area contributed by atoms with Crippen LogP contribution in [0, 0.1) is 128 Å². The van der Waals surface area contributed by atoms with E-state index in [1.807, 2.05) is 0 Å². The van der Waals surface area contributed by atoms with Crippen LogP contribution < -0.4 is 0 Å². The van der Waals surface area contributed by atoms with Crippen molar-refractivity contribution in [1.82, 2.24) is 79.4 Å². The Morgan fingerprint density at radius 1 is 0.248 bits per heavy atom. The third-order valence-corrected chi connectivity index (χ3v) is 19.2. The SMILES string of the molecule is O=S(=O)([O-])c1c(F)c(F)c(F)c2c3nc4nc(nc5c6c(F)c(F)c(F)c(F)c6c(nc6nc(nc([nH]3)c12)-c1c(F)c(F)c(F)c(F)c1-6)n5F)-c1ccccc1-4.O=S(=O)([O-])c1c(F)c(F)c(F)c2c3nc4nc(nc5c6c(F)c(F)c(F)c(F)c6c(nc6nc(nc([nH]3)c12)-c1c(F)c(F)c(F)c(F)c1-6)n5F)-c1ccccc1-4.[Zn+2]. The van der Waals surface area contributed by atoms with Gasteiger partial charge < -0.3 is 19.1 Å². The van der Waals surface area contributed by atoms with Gasteiger partial charge in [-0.05, 0) is 0 Å². The van der Waals surface area contributed by atoms with Crippen LogP contribution in [0.4, 0.5) is 106 Å². The molecule has 0 saturated heterocycles. The fraction of sp³-hybridized carbons (Fsp3) is 0. The average molecular weight is 1680 g/mol. The molecule has 8 aromatic carbocycles. The average Bonchev–Trinajstić information content (AvgIpc) is 1.58. The first-order valence-electron chi connectivity index (χ1n) is 29.8. The normalized spacial score (nSPS) is 12.4. The summed E-state index contributed by atoms with van der Waals surface area (Å²) < 4.78 is 439. The van der Waals surface area contributed by atoms with Crippen LogP contribution in [-0.2, 0) is 39.7 Å². The fourth-order valence-electron chi connectivity index (χ4n) is 12.8. The van der Waals surface area contributed by atoms with Gasteiger partial charge >= 0.3 is 19.5 Å². The van der Waals surface area contributed by atoms with Crippen molar-refractivity contribution in [2.45, 2.75) is 9.79 Å². The van der Waals surface area contributed by atoms with Crippen molar-refractivity contribution in [2.24, 2.45) is 0 Å². The number of nitrogens with one attached hydrogen (secondary N) is 2. The van der Waals surface area contributed by atoms with E-state index in [2.05, 4.69) is 69.8 Å². The van der Waals surface area contributed by atoms with Crippen molar-refractivity contribution in [3.8, 4) is 91.1 Å². The number of aromatic nitrogens is 16. The Bertz CT molecular complexity index is 7130. The third-order valence-electron chi connectivity index (χ3n) is 17.5. The van der Waals surface area contributed by atoms with Crippen LogP contribution in [0.1, 0.15) is 0 Å². The molecular weight excluding hydrogens is 1670 g/mol. The van der Waals surface area contributed by atoms with E-state index in [-0.39, 0.29) is 41.7 Å². The van der Waals surface area contributed by atoms with E-state index in [0.29, 0.717) is 0 Å². The zero-order chi connectivity index (χ0) is 80.0. The van der Waals surface area contributed by atoms with Crippen LogP contribution >= 0.6 is 0 Å². The monoisotopic (exact) mass is 1680 g/mol. The summed E-state index contributed by atoms with van der Waals surface area (Å²) in [4.78, 5) is 43.6. The van der Waals surface area contributed by atoms with Gasteiger partial charge in [0.15, 0.2) is 197 Å². The number of aromatic amines is 2. The molecule has 49 heteroatoms. The molecule has 0 unspecified atom stereocenters. The second-order valence-corrected chi connectivity index (χ2v) is 26.1. The molecule has 6 aromatic heterocycles. The summed E-state index contributed by atoms with van der Waals surface area (Å²) in [5.74, 6) is -61.9. The number of benzene rings is 8. The molecule has 14 aromatic rings. The Hall–Kier alpha value is -12.8. The van der Waals surface area contributed by atoms with Crippen LogP contribution in [0.2, 0.25) is 0 Å². The molecule has 0 radical (unpaired) electrons. The van der Waals surface area contributed by atoms with Gasteiger partial charge in [0.1, 0.15) is 52.6 Å². The zero-order valence-electron chi connectivity index (χ0n) is 52.9. The van der Waals surface area contributed by atoms with Gasteiger partial charge in [-0.15, -0.1) is 9.58 Å². The Morgan fingerprint density at radius 3 is 0.708 bits per heavy atom. The molecule has 18 rings (SSSR count). The third kappa shape index (κ3) is 10.3. The van der Waals surface area contributed by atoms with Crippen LogP contribution in [0.25, 0.3) is 179 Å². The maximum Gasteiger partial charge on any atom is 2.00 e. The molecular formula is C64H10F24N16O6S2Zn. The summed E-state index contributed by atoms with van der Waals surface area (Å²) in [6.45, 7) is 0. The molecule has 113 heavy (non-hydrogen) atoms. The zero-order valence-corrected chi connectivity index (χ0v) is 57.5. The molecule has 16 bridgehead atoms.